The molecule has 0 spiro atoms. The van der Waals surface area contributed by atoms with Gasteiger partial charge in [-0.1, -0.05) is 0 Å². The van der Waals surface area contributed by atoms with E-state index in [9.17, 15) is 52.7 Å². The third kappa shape index (κ3) is 2.39. The molecule has 1 fully saturated rings. The van der Waals surface area contributed by atoms with Crippen LogP contribution in [0.5, 0.6) is 0 Å². The molecule has 132 valence electrons. The number of ether oxygens (including phenoxy) is 2. The summed E-state index contributed by atoms with van der Waals surface area (Å²) in [6, 6.07) is 0. The van der Waals surface area contributed by atoms with Gasteiger partial charge in [-0.3, -0.25) is 4.74 Å². The van der Waals surface area contributed by atoms with Crippen LogP contribution in [0.25, 0.3) is 0 Å². The second-order valence-corrected chi connectivity index (χ2v) is 4.16. The van der Waals surface area contributed by atoms with E-state index >= 15 is 0 Å². The van der Waals surface area contributed by atoms with Crippen LogP contribution in [0.2, 0.25) is 0 Å². The summed E-state index contributed by atoms with van der Waals surface area (Å²) >= 11 is 0. The van der Waals surface area contributed by atoms with E-state index in [0.29, 0.717) is 0 Å². The fraction of sp³-hybridized carbons (Fsp3) is 1.00. The van der Waals surface area contributed by atoms with E-state index in [-0.39, 0.29) is 6.92 Å². The van der Waals surface area contributed by atoms with Crippen molar-refractivity contribution in [3.8, 4) is 0 Å². The summed E-state index contributed by atoms with van der Waals surface area (Å²) < 4.78 is 156. The lowest BCUT2D eigenvalue weighted by Gasteiger charge is -2.34. The Labute approximate surface area is 113 Å². The first kappa shape index (κ1) is 19.1. The Bertz CT molecular complexity index is 446. The Balaban J connectivity index is 3.10. The molecule has 1 aliphatic rings. The molecule has 2 nitrogen and oxygen atoms in total. The van der Waals surface area contributed by atoms with Gasteiger partial charge in [0, 0.05) is 0 Å². The smallest absolute Gasteiger partial charge is 0.263 e. The molecule has 0 N–H and O–H groups in total. The summed E-state index contributed by atoms with van der Waals surface area (Å²) in [5.74, 6) is -18.7. The molecular weight excluding hydrogens is 356 g/mol. The fourth-order valence-corrected chi connectivity index (χ4v) is 1.11. The van der Waals surface area contributed by atoms with Crippen molar-refractivity contribution >= 4 is 0 Å². The van der Waals surface area contributed by atoms with Crippen molar-refractivity contribution in [3.05, 3.63) is 0 Å². The van der Waals surface area contributed by atoms with Crippen molar-refractivity contribution < 1.29 is 62.2 Å². The number of hydrogen-bond donors (Lipinski definition) is 0. The number of hydrogen-bond acceptors (Lipinski definition) is 2. The van der Waals surface area contributed by atoms with Gasteiger partial charge < -0.3 is 0 Å². The highest BCUT2D eigenvalue weighted by atomic mass is 19.4. The fourth-order valence-electron chi connectivity index (χ4n) is 1.11. The first-order valence-corrected chi connectivity index (χ1v) is 4.98. The molecule has 0 bridgehead atoms. The third-order valence-corrected chi connectivity index (χ3v) is 2.52. The van der Waals surface area contributed by atoms with Crippen LogP contribution in [0.15, 0.2) is 0 Å². The average Bonchev–Trinajstić information content (AvgIpc) is 2.77. The SMILES string of the molecule is CC(F)C(F)(F)C(F)(F)C(F)(F)OC(F)(F)C1(F)OC1(F)F. The van der Waals surface area contributed by atoms with Gasteiger partial charge in [-0.2, -0.15) is 48.3 Å². The molecule has 0 aliphatic carbocycles. The van der Waals surface area contributed by atoms with Gasteiger partial charge in [0.25, 0.3) is 0 Å². The molecule has 1 saturated heterocycles. The maximum absolute atomic E-state index is 12.8. The van der Waals surface area contributed by atoms with Crippen molar-refractivity contribution in [3.63, 3.8) is 0 Å². The molecule has 0 aromatic heterocycles. The van der Waals surface area contributed by atoms with Crippen LogP contribution in [0.4, 0.5) is 52.7 Å². The van der Waals surface area contributed by atoms with Gasteiger partial charge in [0.05, 0.1) is 0 Å². The predicted molar refractivity (Wildman–Crippen MR) is 41.3 cm³/mol. The molecule has 1 heterocycles. The molecule has 2 atom stereocenters. The standard InChI is InChI=1S/C8H4F12O2/c1-2(9)3(10,11)4(12,13)6(15,16)22-8(19,20)5(14)7(17,18)21-5/h2H,1H3. The Morgan fingerprint density at radius 1 is 0.909 bits per heavy atom. The minimum Gasteiger partial charge on any atom is -0.263 e. The zero-order valence-electron chi connectivity index (χ0n) is 9.93. The number of rotatable bonds is 6. The highest BCUT2D eigenvalue weighted by Gasteiger charge is 2.92. The van der Waals surface area contributed by atoms with Crippen molar-refractivity contribution in [1.29, 1.82) is 0 Å². The van der Waals surface area contributed by atoms with E-state index in [0.717, 1.165) is 0 Å². The van der Waals surface area contributed by atoms with E-state index in [1.807, 2.05) is 4.74 Å². The molecule has 1 aliphatic heterocycles. The summed E-state index contributed by atoms with van der Waals surface area (Å²) in [4.78, 5) is 0. The van der Waals surface area contributed by atoms with E-state index in [4.69, 9.17) is 0 Å². The Morgan fingerprint density at radius 3 is 1.55 bits per heavy atom. The van der Waals surface area contributed by atoms with Gasteiger partial charge in [-0.05, 0) is 6.92 Å². The van der Waals surface area contributed by atoms with E-state index in [2.05, 4.69) is 4.74 Å². The maximum atomic E-state index is 12.8. The monoisotopic (exact) mass is 360 g/mol. The first-order chi connectivity index (χ1) is 9.36. The maximum Gasteiger partial charge on any atom is 0.430 e. The average molecular weight is 360 g/mol. The van der Waals surface area contributed by atoms with Gasteiger partial charge in [-0.15, -0.1) is 0 Å². The van der Waals surface area contributed by atoms with Crippen LogP contribution >= 0.6 is 0 Å². The minimum absolute atomic E-state index is 0.309. The van der Waals surface area contributed by atoms with E-state index < -0.39 is 42.2 Å². The largest absolute Gasteiger partial charge is 0.430 e. The summed E-state index contributed by atoms with van der Waals surface area (Å²) in [6.07, 6.45) is -22.7. The summed E-state index contributed by atoms with van der Waals surface area (Å²) in [5.41, 5.74) is 0. The summed E-state index contributed by atoms with van der Waals surface area (Å²) in [6.45, 7) is -0.309. The highest BCUT2D eigenvalue weighted by molar-refractivity contribution is 5.02. The third-order valence-electron chi connectivity index (χ3n) is 2.52. The van der Waals surface area contributed by atoms with E-state index in [1.54, 1.807) is 0 Å². The number of alkyl halides is 12. The zero-order chi connectivity index (χ0) is 18.0. The summed E-state index contributed by atoms with van der Waals surface area (Å²) in [5, 5.41) is 0. The van der Waals surface area contributed by atoms with Crippen LogP contribution in [0.1, 0.15) is 6.92 Å². The number of epoxide rings is 1. The van der Waals surface area contributed by atoms with Gasteiger partial charge in [0.2, 0.25) is 0 Å². The van der Waals surface area contributed by atoms with Crippen molar-refractivity contribution in [1.82, 2.24) is 0 Å². The molecule has 1 rings (SSSR count). The molecular formula is C8H4F12O2. The van der Waals surface area contributed by atoms with Crippen LogP contribution < -0.4 is 0 Å². The number of halogens is 12. The summed E-state index contributed by atoms with van der Waals surface area (Å²) in [7, 11) is 0. The lowest BCUT2D eigenvalue weighted by molar-refractivity contribution is -0.477. The van der Waals surface area contributed by atoms with Crippen LogP contribution in [0, 0.1) is 0 Å². The molecule has 22 heavy (non-hydrogen) atoms. The second-order valence-electron chi connectivity index (χ2n) is 4.16. The molecule has 2 unspecified atom stereocenters. The lowest BCUT2D eigenvalue weighted by Crippen LogP contribution is -2.61. The van der Waals surface area contributed by atoms with Crippen molar-refractivity contribution in [2.75, 3.05) is 0 Å². The van der Waals surface area contributed by atoms with Gasteiger partial charge in [0.15, 0.2) is 6.17 Å². The Kier molecular flexibility index (Phi) is 3.96. The minimum atomic E-state index is -6.92. The lowest BCUT2D eigenvalue weighted by atomic mass is 10.1. The second kappa shape index (κ2) is 4.55. The van der Waals surface area contributed by atoms with Gasteiger partial charge >= 0.3 is 36.0 Å². The van der Waals surface area contributed by atoms with Gasteiger partial charge in [0.1, 0.15) is 0 Å². The normalized spacial score (nSPS) is 27.7. The molecule has 0 amide bonds. The Morgan fingerprint density at radius 2 is 1.27 bits per heavy atom. The van der Waals surface area contributed by atoms with Crippen molar-refractivity contribution in [2.24, 2.45) is 0 Å². The van der Waals surface area contributed by atoms with Crippen molar-refractivity contribution in [2.45, 2.75) is 49.1 Å². The Hall–Kier alpha value is -0.920. The van der Waals surface area contributed by atoms with Crippen LogP contribution in [-0.2, 0) is 9.47 Å². The molecule has 0 radical (unpaired) electrons. The highest BCUT2D eigenvalue weighted by Crippen LogP contribution is 2.62. The predicted octanol–water partition coefficient (Wildman–Crippen LogP) is 4.11. The first-order valence-electron chi connectivity index (χ1n) is 4.98. The van der Waals surface area contributed by atoms with E-state index in [1.165, 1.54) is 0 Å². The quantitative estimate of drug-likeness (QED) is 0.526. The molecule has 0 aromatic carbocycles. The van der Waals surface area contributed by atoms with Crippen LogP contribution in [0.3, 0.4) is 0 Å². The zero-order valence-corrected chi connectivity index (χ0v) is 9.93. The topological polar surface area (TPSA) is 21.8 Å². The van der Waals surface area contributed by atoms with Crippen LogP contribution in [-0.4, -0.2) is 42.2 Å². The molecule has 0 aromatic rings. The van der Waals surface area contributed by atoms with Gasteiger partial charge in [-0.25, -0.2) is 9.13 Å². The molecule has 14 heteroatoms. The molecule has 0 saturated carbocycles.